The molecular weight excluding hydrogens is 489 g/mol. The van der Waals surface area contributed by atoms with Crippen molar-refractivity contribution in [3.05, 3.63) is 64.1 Å². The second-order valence-corrected chi connectivity index (χ2v) is 11.3. The van der Waals surface area contributed by atoms with Crippen LogP contribution in [0.1, 0.15) is 12.0 Å². The van der Waals surface area contributed by atoms with Crippen LogP contribution in [-0.2, 0) is 10.0 Å². The molecule has 0 radical (unpaired) electrons. The highest BCUT2D eigenvalue weighted by atomic mass is 35.5. The summed E-state index contributed by atoms with van der Waals surface area (Å²) in [5.74, 6) is 0.436. The highest BCUT2D eigenvalue weighted by molar-refractivity contribution is 7.94. The maximum absolute atomic E-state index is 13.0. The number of likely N-dealkylation sites (tertiary alicyclic amines) is 1. The second-order valence-electron chi connectivity index (χ2n) is 7.48. The van der Waals surface area contributed by atoms with Gasteiger partial charge in [-0.05, 0) is 49.4 Å². The lowest BCUT2D eigenvalue weighted by Gasteiger charge is -2.16. The highest BCUT2D eigenvalue weighted by Crippen LogP contribution is 2.39. The molecule has 1 aliphatic rings. The third-order valence-electron chi connectivity index (χ3n) is 5.01. The Kier molecular flexibility index (Phi) is 6.65. The summed E-state index contributed by atoms with van der Waals surface area (Å²) >= 11 is 13.6. The number of ether oxygens (including phenoxy) is 1. The third-order valence-corrected chi connectivity index (χ3v) is 8.77. The van der Waals surface area contributed by atoms with E-state index in [4.69, 9.17) is 33.2 Å². The van der Waals surface area contributed by atoms with E-state index in [2.05, 4.69) is 15.7 Å². The molecule has 0 unspecified atom stereocenters. The van der Waals surface area contributed by atoms with E-state index < -0.39 is 10.0 Å². The smallest absolute Gasteiger partial charge is 0.271 e. The van der Waals surface area contributed by atoms with E-state index in [1.165, 1.54) is 6.07 Å². The van der Waals surface area contributed by atoms with Gasteiger partial charge in [0.2, 0.25) is 0 Å². The Morgan fingerprint density at radius 2 is 2.00 bits per heavy atom. The van der Waals surface area contributed by atoms with Crippen LogP contribution in [0.3, 0.4) is 0 Å². The van der Waals surface area contributed by atoms with E-state index in [-0.39, 0.29) is 10.3 Å². The predicted molar refractivity (Wildman–Crippen MR) is 128 cm³/mol. The van der Waals surface area contributed by atoms with Crippen molar-refractivity contribution in [1.29, 1.82) is 5.26 Å². The number of thiophene rings is 1. The molecule has 166 valence electrons. The molecule has 1 saturated heterocycles. The van der Waals surface area contributed by atoms with Gasteiger partial charge in [0.15, 0.2) is 0 Å². The standard InChI is InChI=1S/C22H19Cl2N3O3S2/c1-27-8-7-17(13-27)30-20-10-16(5-6-18(20)23)26-32(28,29)21-11-19(24)22(31-21)15-4-2-3-14(9-15)12-25/h2-6,9-11,17,26H,7-8,13H2,1H3/t17-/m1/s1. The average Bonchev–Trinajstić information content (AvgIpc) is 3.36. The molecule has 32 heavy (non-hydrogen) atoms. The summed E-state index contributed by atoms with van der Waals surface area (Å²) in [6, 6.07) is 15.1. The minimum Gasteiger partial charge on any atom is -0.487 e. The number of sulfonamides is 1. The Morgan fingerprint density at radius 1 is 1.19 bits per heavy atom. The van der Waals surface area contributed by atoms with Crippen LogP contribution in [-0.4, -0.2) is 39.6 Å². The molecule has 0 amide bonds. The van der Waals surface area contributed by atoms with Crippen LogP contribution in [0.2, 0.25) is 10.0 Å². The van der Waals surface area contributed by atoms with E-state index in [0.29, 0.717) is 37.5 Å². The molecule has 6 nitrogen and oxygen atoms in total. The number of nitrogens with one attached hydrogen (secondary N) is 1. The zero-order valence-electron chi connectivity index (χ0n) is 17.0. The molecule has 10 heteroatoms. The van der Waals surface area contributed by atoms with Gasteiger partial charge in [-0.15, -0.1) is 11.3 Å². The van der Waals surface area contributed by atoms with Crippen molar-refractivity contribution >= 4 is 50.2 Å². The molecule has 0 aliphatic carbocycles. The van der Waals surface area contributed by atoms with Crippen molar-refractivity contribution < 1.29 is 13.2 Å². The molecule has 2 heterocycles. The molecular formula is C22H19Cl2N3O3S2. The minimum atomic E-state index is -3.89. The minimum absolute atomic E-state index is 0.00666. The average molecular weight is 508 g/mol. The van der Waals surface area contributed by atoms with Gasteiger partial charge in [-0.2, -0.15) is 5.26 Å². The number of nitriles is 1. The lowest BCUT2D eigenvalue weighted by molar-refractivity contribution is 0.208. The molecule has 1 fully saturated rings. The van der Waals surface area contributed by atoms with Crippen molar-refractivity contribution in [3.63, 3.8) is 0 Å². The zero-order chi connectivity index (χ0) is 22.9. The molecule has 1 aliphatic heterocycles. The lowest BCUT2D eigenvalue weighted by atomic mass is 10.1. The van der Waals surface area contributed by atoms with E-state index in [9.17, 15) is 8.42 Å². The first kappa shape index (κ1) is 22.9. The summed E-state index contributed by atoms with van der Waals surface area (Å²) in [6.45, 7) is 1.73. The van der Waals surface area contributed by atoms with Gasteiger partial charge in [0, 0.05) is 19.2 Å². The first-order valence-electron chi connectivity index (χ1n) is 9.72. The lowest BCUT2D eigenvalue weighted by Crippen LogP contribution is -2.21. The Labute approximate surface area is 201 Å². The van der Waals surface area contributed by atoms with Gasteiger partial charge in [-0.1, -0.05) is 35.3 Å². The van der Waals surface area contributed by atoms with Gasteiger partial charge >= 0.3 is 0 Å². The largest absolute Gasteiger partial charge is 0.487 e. The normalized spacial score (nSPS) is 16.6. The Morgan fingerprint density at radius 3 is 2.72 bits per heavy atom. The summed E-state index contributed by atoms with van der Waals surface area (Å²) in [5, 5.41) is 9.83. The van der Waals surface area contributed by atoms with Crippen molar-refractivity contribution in [1.82, 2.24) is 4.90 Å². The van der Waals surface area contributed by atoms with Crippen LogP contribution in [0, 0.1) is 11.3 Å². The number of hydrogen-bond donors (Lipinski definition) is 1. The SMILES string of the molecule is CN1CC[C@@H](Oc2cc(NS(=O)(=O)c3cc(Cl)c(-c4cccc(C#N)c4)s3)ccc2Cl)C1. The second kappa shape index (κ2) is 9.30. The van der Waals surface area contributed by atoms with Crippen LogP contribution in [0.25, 0.3) is 10.4 Å². The van der Waals surface area contributed by atoms with Gasteiger partial charge in [0.25, 0.3) is 10.0 Å². The van der Waals surface area contributed by atoms with E-state index in [1.807, 2.05) is 7.05 Å². The van der Waals surface area contributed by atoms with E-state index in [1.54, 1.807) is 42.5 Å². The Hall–Kier alpha value is -2.28. The van der Waals surface area contributed by atoms with Gasteiger partial charge in [-0.3, -0.25) is 4.72 Å². The molecule has 4 rings (SSSR count). The van der Waals surface area contributed by atoms with Gasteiger partial charge in [0.05, 0.1) is 32.2 Å². The van der Waals surface area contributed by atoms with E-state index in [0.717, 1.165) is 30.8 Å². The van der Waals surface area contributed by atoms with Gasteiger partial charge < -0.3 is 9.64 Å². The number of halogens is 2. The fourth-order valence-corrected chi connectivity index (χ4v) is 6.47. The summed E-state index contributed by atoms with van der Waals surface area (Å²) < 4.78 is 34.7. The zero-order valence-corrected chi connectivity index (χ0v) is 20.2. The van der Waals surface area contributed by atoms with Crippen molar-refractivity contribution in [2.45, 2.75) is 16.7 Å². The van der Waals surface area contributed by atoms with Crippen molar-refractivity contribution in [3.8, 4) is 22.3 Å². The van der Waals surface area contributed by atoms with Crippen molar-refractivity contribution in [2.75, 3.05) is 24.9 Å². The fourth-order valence-electron chi connectivity index (χ4n) is 3.44. The number of likely N-dealkylation sites (N-methyl/N-ethyl adjacent to an activating group) is 1. The maximum Gasteiger partial charge on any atom is 0.271 e. The molecule has 1 N–H and O–H groups in total. The summed E-state index contributed by atoms with van der Waals surface area (Å²) in [4.78, 5) is 2.74. The van der Waals surface area contributed by atoms with Crippen molar-refractivity contribution in [2.24, 2.45) is 0 Å². The monoisotopic (exact) mass is 507 g/mol. The molecule has 1 aromatic heterocycles. The molecule has 1 atom stereocenters. The number of rotatable bonds is 6. The van der Waals surface area contributed by atoms with E-state index >= 15 is 0 Å². The summed E-state index contributed by atoms with van der Waals surface area (Å²) in [6.07, 6.45) is 0.888. The first-order valence-corrected chi connectivity index (χ1v) is 12.8. The predicted octanol–water partition coefficient (Wildman–Crippen LogP) is 5.48. The number of anilines is 1. The molecule has 3 aromatic rings. The number of benzene rings is 2. The maximum atomic E-state index is 13.0. The molecule has 0 saturated carbocycles. The number of hydrogen-bond acceptors (Lipinski definition) is 6. The molecule has 0 spiro atoms. The fraction of sp³-hybridized carbons (Fsp3) is 0.227. The first-order chi connectivity index (χ1) is 15.2. The van der Waals surface area contributed by atoms with Gasteiger partial charge in [0.1, 0.15) is 16.1 Å². The Bertz CT molecular complexity index is 1300. The van der Waals surface area contributed by atoms with Crippen LogP contribution < -0.4 is 9.46 Å². The number of nitrogens with zero attached hydrogens (tertiary/aromatic N) is 2. The van der Waals surface area contributed by atoms with Crippen LogP contribution in [0.5, 0.6) is 5.75 Å². The highest BCUT2D eigenvalue weighted by Gasteiger charge is 2.24. The quantitative estimate of drug-likeness (QED) is 0.477. The molecule has 0 bridgehead atoms. The summed E-state index contributed by atoms with van der Waals surface area (Å²) in [5.41, 5.74) is 1.49. The summed E-state index contributed by atoms with van der Waals surface area (Å²) in [7, 11) is -1.87. The van der Waals surface area contributed by atoms with Gasteiger partial charge in [-0.25, -0.2) is 8.42 Å². The van der Waals surface area contributed by atoms with Crippen LogP contribution in [0.15, 0.2) is 52.7 Å². The van der Waals surface area contributed by atoms with Crippen LogP contribution in [0.4, 0.5) is 5.69 Å². The third kappa shape index (κ3) is 5.03. The van der Waals surface area contributed by atoms with Crippen LogP contribution >= 0.6 is 34.5 Å². The topological polar surface area (TPSA) is 82.4 Å². The Balaban J connectivity index is 1.57. The molecule has 2 aromatic carbocycles.